The minimum Gasteiger partial charge on any atom is -0.397 e. The number of pyridine rings is 1. The third-order valence-corrected chi connectivity index (χ3v) is 1.34. The van der Waals surface area contributed by atoms with Crippen molar-refractivity contribution in [2.75, 3.05) is 7.05 Å². The van der Waals surface area contributed by atoms with Gasteiger partial charge in [0, 0.05) is 31.2 Å². The zero-order valence-corrected chi connectivity index (χ0v) is 6.94. The Balaban J connectivity index is 2.85. The Hall–Kier alpha value is -1.55. The van der Waals surface area contributed by atoms with Crippen LogP contribution in [0, 0.1) is 0 Å². The van der Waals surface area contributed by atoms with Crippen molar-refractivity contribution in [1.29, 1.82) is 0 Å². The summed E-state index contributed by atoms with van der Waals surface area (Å²) in [7, 11) is 1.71. The quantitative estimate of drug-likeness (QED) is 0.482. The molecular weight excluding hydrogens is 152 g/mol. The maximum Gasteiger partial charge on any atom is 0.0579 e. The average Bonchev–Trinajstić information content (AvgIpc) is 2.05. The second-order valence-corrected chi connectivity index (χ2v) is 2.49. The van der Waals surface area contributed by atoms with Crippen molar-refractivity contribution in [3.8, 4) is 0 Å². The van der Waals surface area contributed by atoms with E-state index >= 15 is 0 Å². The lowest BCUT2D eigenvalue weighted by Crippen LogP contribution is -2.20. The molecule has 0 aliphatic rings. The van der Waals surface area contributed by atoms with Crippen molar-refractivity contribution in [3.63, 3.8) is 0 Å². The topological polar surface area (TPSA) is 68.2 Å². The molecule has 0 aliphatic carbocycles. The second kappa shape index (κ2) is 3.73. The number of hydrogen-bond donors (Lipinski definition) is 2. The Labute approximate surface area is 71.5 Å². The molecule has 0 fully saturated rings. The van der Waals surface area contributed by atoms with E-state index in [9.17, 15) is 0 Å². The molecule has 1 aromatic heterocycles. The molecule has 1 heterocycles. The number of nitrogens with two attached hydrogens (primary N) is 2. The van der Waals surface area contributed by atoms with Gasteiger partial charge in [-0.1, -0.05) is 0 Å². The largest absolute Gasteiger partial charge is 0.397 e. The summed E-state index contributed by atoms with van der Waals surface area (Å²) in [4.78, 5) is 3.93. The Bertz CT molecular complexity index is 266. The van der Waals surface area contributed by atoms with Gasteiger partial charge in [0.2, 0.25) is 0 Å². The highest BCUT2D eigenvalue weighted by atomic mass is 15.4. The fraction of sp³-hybridized carbons (Fsp3) is 0.125. The highest BCUT2D eigenvalue weighted by molar-refractivity contribution is 5.60. The lowest BCUT2D eigenvalue weighted by atomic mass is 10.2. The summed E-state index contributed by atoms with van der Waals surface area (Å²) in [5.41, 5.74) is 7.17. The zero-order valence-electron chi connectivity index (χ0n) is 6.94. The first kappa shape index (κ1) is 8.55. The molecule has 0 saturated heterocycles. The minimum atomic E-state index is 0.605. The molecule has 0 saturated carbocycles. The molecule has 0 bridgehead atoms. The van der Waals surface area contributed by atoms with E-state index in [4.69, 9.17) is 11.6 Å². The van der Waals surface area contributed by atoms with Crippen LogP contribution in [0.4, 0.5) is 0 Å². The number of hydrogen-bond acceptors (Lipinski definition) is 4. The van der Waals surface area contributed by atoms with Crippen LogP contribution in [0.1, 0.15) is 5.56 Å². The van der Waals surface area contributed by atoms with Crippen molar-refractivity contribution in [2.45, 2.75) is 0 Å². The molecule has 0 aromatic carbocycles. The third-order valence-electron chi connectivity index (χ3n) is 1.34. The molecule has 0 amide bonds. The number of hydrazine groups is 1. The van der Waals surface area contributed by atoms with Gasteiger partial charge < -0.3 is 10.7 Å². The van der Waals surface area contributed by atoms with E-state index in [0.29, 0.717) is 5.70 Å². The predicted molar refractivity (Wildman–Crippen MR) is 48.4 cm³/mol. The van der Waals surface area contributed by atoms with E-state index in [1.54, 1.807) is 25.6 Å². The lowest BCUT2D eigenvalue weighted by Gasteiger charge is -2.07. The molecule has 64 valence electrons. The monoisotopic (exact) mass is 164 g/mol. The van der Waals surface area contributed by atoms with E-state index in [1.807, 2.05) is 12.1 Å². The molecule has 0 atom stereocenters. The molecule has 1 rings (SSSR count). The molecule has 0 aliphatic heterocycles. The van der Waals surface area contributed by atoms with Crippen LogP contribution >= 0.6 is 0 Å². The van der Waals surface area contributed by atoms with E-state index < -0.39 is 0 Å². The van der Waals surface area contributed by atoms with Gasteiger partial charge in [-0.05, 0) is 12.1 Å². The molecule has 4 heteroatoms. The molecule has 4 N–H and O–H groups in total. The van der Waals surface area contributed by atoms with Crippen LogP contribution in [0.25, 0.3) is 5.70 Å². The smallest absolute Gasteiger partial charge is 0.0579 e. The first-order valence-corrected chi connectivity index (χ1v) is 3.55. The van der Waals surface area contributed by atoms with Gasteiger partial charge in [0.25, 0.3) is 0 Å². The van der Waals surface area contributed by atoms with Crippen LogP contribution in [0.5, 0.6) is 0 Å². The van der Waals surface area contributed by atoms with Crippen molar-refractivity contribution in [2.24, 2.45) is 11.6 Å². The van der Waals surface area contributed by atoms with Crippen molar-refractivity contribution in [1.82, 2.24) is 9.99 Å². The van der Waals surface area contributed by atoms with Crippen LogP contribution in [-0.2, 0) is 0 Å². The van der Waals surface area contributed by atoms with Crippen LogP contribution in [0.3, 0.4) is 0 Å². The summed E-state index contributed by atoms with van der Waals surface area (Å²) < 4.78 is 0. The summed E-state index contributed by atoms with van der Waals surface area (Å²) in [6, 6.07) is 3.70. The van der Waals surface area contributed by atoms with Crippen LogP contribution in [0.2, 0.25) is 0 Å². The van der Waals surface area contributed by atoms with E-state index in [2.05, 4.69) is 4.98 Å². The summed E-state index contributed by atoms with van der Waals surface area (Å²) in [5.74, 6) is 5.39. The van der Waals surface area contributed by atoms with Gasteiger partial charge >= 0.3 is 0 Å². The second-order valence-electron chi connectivity index (χ2n) is 2.49. The molecule has 0 radical (unpaired) electrons. The van der Waals surface area contributed by atoms with Gasteiger partial charge in [-0.15, -0.1) is 0 Å². The SMILES string of the molecule is CN(N)/C=C(\N)c1cccnc1. The lowest BCUT2D eigenvalue weighted by molar-refractivity contribution is 0.486. The molecule has 1 aromatic rings. The van der Waals surface area contributed by atoms with Gasteiger partial charge in [-0.3, -0.25) is 4.98 Å². The van der Waals surface area contributed by atoms with E-state index in [1.165, 1.54) is 5.01 Å². The number of rotatable bonds is 2. The summed E-state index contributed by atoms with van der Waals surface area (Å²) >= 11 is 0. The van der Waals surface area contributed by atoms with Gasteiger partial charge in [-0.2, -0.15) is 0 Å². The molecule has 0 unspecified atom stereocenters. The summed E-state index contributed by atoms with van der Waals surface area (Å²) in [5, 5.41) is 1.41. The first-order valence-electron chi connectivity index (χ1n) is 3.55. The summed E-state index contributed by atoms with van der Waals surface area (Å²) in [6.45, 7) is 0. The third kappa shape index (κ3) is 2.25. The number of aromatic nitrogens is 1. The Kier molecular flexibility index (Phi) is 2.66. The molecule has 0 spiro atoms. The van der Waals surface area contributed by atoms with Gasteiger partial charge in [0.15, 0.2) is 0 Å². The molecular formula is C8H12N4. The fourth-order valence-electron chi connectivity index (χ4n) is 0.827. The normalized spacial score (nSPS) is 11.3. The van der Waals surface area contributed by atoms with E-state index in [0.717, 1.165) is 5.56 Å². The fourth-order valence-corrected chi connectivity index (χ4v) is 0.827. The summed E-state index contributed by atoms with van der Waals surface area (Å²) in [6.07, 6.45) is 5.02. The van der Waals surface area contributed by atoms with Crippen LogP contribution < -0.4 is 11.6 Å². The highest BCUT2D eigenvalue weighted by Crippen LogP contribution is 2.05. The van der Waals surface area contributed by atoms with Crippen LogP contribution in [0.15, 0.2) is 30.7 Å². The van der Waals surface area contributed by atoms with E-state index in [-0.39, 0.29) is 0 Å². The Morgan fingerprint density at radius 3 is 2.92 bits per heavy atom. The average molecular weight is 164 g/mol. The van der Waals surface area contributed by atoms with Gasteiger partial charge in [0.1, 0.15) is 0 Å². The number of nitrogens with zero attached hydrogens (tertiary/aromatic N) is 2. The van der Waals surface area contributed by atoms with Crippen molar-refractivity contribution < 1.29 is 0 Å². The van der Waals surface area contributed by atoms with Crippen molar-refractivity contribution in [3.05, 3.63) is 36.3 Å². The molecule has 12 heavy (non-hydrogen) atoms. The molecule has 4 nitrogen and oxygen atoms in total. The Morgan fingerprint density at radius 1 is 1.67 bits per heavy atom. The van der Waals surface area contributed by atoms with Gasteiger partial charge in [-0.25, -0.2) is 5.84 Å². The van der Waals surface area contributed by atoms with Crippen LogP contribution in [-0.4, -0.2) is 17.0 Å². The predicted octanol–water partition coefficient (Wildman–Crippen LogP) is 0.144. The zero-order chi connectivity index (χ0) is 8.97. The maximum absolute atomic E-state index is 5.70. The van der Waals surface area contributed by atoms with Crippen molar-refractivity contribution >= 4 is 5.70 Å². The minimum absolute atomic E-state index is 0.605. The highest BCUT2D eigenvalue weighted by Gasteiger charge is 1.94. The first-order chi connectivity index (χ1) is 5.70. The maximum atomic E-state index is 5.70. The standard InChI is InChI=1S/C8H12N4/c1-12(10)6-8(9)7-3-2-4-11-5-7/h2-6H,9-10H2,1H3/b8-6-. The van der Waals surface area contributed by atoms with Gasteiger partial charge in [0.05, 0.1) is 5.70 Å². The Morgan fingerprint density at radius 2 is 2.42 bits per heavy atom.